The summed E-state index contributed by atoms with van der Waals surface area (Å²) >= 11 is 0. The highest BCUT2D eigenvalue weighted by Crippen LogP contribution is 2.36. The number of hydrogen-bond acceptors (Lipinski definition) is 6. The molecular formula is C26H24N6O2. The van der Waals surface area contributed by atoms with Crippen LogP contribution >= 0.6 is 0 Å². The number of fused-ring (bicyclic) bond motifs is 1. The molecule has 0 spiro atoms. The molecular weight excluding hydrogens is 428 g/mol. The zero-order valence-corrected chi connectivity index (χ0v) is 18.9. The van der Waals surface area contributed by atoms with Crippen LogP contribution in [0.4, 0.5) is 11.6 Å². The number of aromatic nitrogens is 4. The van der Waals surface area contributed by atoms with Gasteiger partial charge in [-0.3, -0.25) is 9.69 Å². The predicted octanol–water partition coefficient (Wildman–Crippen LogP) is 4.08. The molecule has 0 unspecified atom stereocenters. The predicted molar refractivity (Wildman–Crippen MR) is 130 cm³/mol. The number of carbonyl (C=O) groups excluding carboxylic acids is 1. The molecule has 0 radical (unpaired) electrons. The number of amides is 1. The number of nitrogens with one attached hydrogen (secondary N) is 1. The van der Waals surface area contributed by atoms with Crippen LogP contribution < -0.4 is 10.2 Å². The van der Waals surface area contributed by atoms with Gasteiger partial charge in [0.1, 0.15) is 18.3 Å². The molecule has 1 aliphatic rings. The highest BCUT2D eigenvalue weighted by atomic mass is 16.3. The second kappa shape index (κ2) is 8.82. The lowest BCUT2D eigenvalue weighted by Crippen LogP contribution is -2.37. The van der Waals surface area contributed by atoms with Gasteiger partial charge in [0.2, 0.25) is 5.91 Å². The van der Waals surface area contributed by atoms with Crippen molar-refractivity contribution in [1.82, 2.24) is 20.2 Å². The summed E-state index contributed by atoms with van der Waals surface area (Å²) in [6.45, 7) is 4.11. The number of allylic oxidation sites excluding steroid dienone is 1. The average molecular weight is 453 g/mol. The number of aryl methyl sites for hydroxylation is 2. The number of benzene rings is 3. The maximum atomic E-state index is 13.0. The second-order valence-corrected chi connectivity index (χ2v) is 8.38. The van der Waals surface area contributed by atoms with Crippen molar-refractivity contribution >= 4 is 23.2 Å². The van der Waals surface area contributed by atoms with E-state index in [0.29, 0.717) is 11.6 Å². The number of phenolic OH excluding ortho intramolecular Hbond substituents is 1. The van der Waals surface area contributed by atoms with Gasteiger partial charge in [-0.1, -0.05) is 64.8 Å². The van der Waals surface area contributed by atoms with Gasteiger partial charge in [0.25, 0.3) is 5.95 Å². The fraction of sp³-hybridized carbons (Fsp3) is 0.154. The van der Waals surface area contributed by atoms with Crippen LogP contribution in [0.5, 0.6) is 5.75 Å². The molecule has 2 N–H and O–H groups in total. The van der Waals surface area contributed by atoms with E-state index in [9.17, 15) is 9.90 Å². The maximum absolute atomic E-state index is 13.0. The lowest BCUT2D eigenvalue weighted by molar-refractivity contribution is -0.114. The van der Waals surface area contributed by atoms with E-state index < -0.39 is 0 Å². The summed E-state index contributed by atoms with van der Waals surface area (Å²) in [5, 5.41) is 24.8. The Kier molecular flexibility index (Phi) is 5.55. The summed E-state index contributed by atoms with van der Waals surface area (Å²) < 4.78 is 1.73. The standard InChI is InChI=1S/C26H24N6O2/c1-17-3-7-19(8-4-17)23-15-24(20-9-5-18(2)6-10-20)32-26(28-29-30-32)31(23)16-25(34)27-21-11-13-22(33)14-12-21/h3-15,24,33H,16H2,1-2H3,(H,27,34)/t24-/m1/s1. The Bertz CT molecular complexity index is 1340. The van der Waals surface area contributed by atoms with Crippen LogP contribution in [0.2, 0.25) is 0 Å². The van der Waals surface area contributed by atoms with Crippen LogP contribution in [0.1, 0.15) is 28.3 Å². The largest absolute Gasteiger partial charge is 0.508 e. The minimum atomic E-state index is -0.230. The van der Waals surface area contributed by atoms with Crippen LogP contribution in [0.3, 0.4) is 0 Å². The Morgan fingerprint density at radius 1 is 0.941 bits per heavy atom. The highest BCUT2D eigenvalue weighted by Gasteiger charge is 2.32. The first-order chi connectivity index (χ1) is 16.5. The van der Waals surface area contributed by atoms with Crippen molar-refractivity contribution in [3.8, 4) is 5.75 Å². The third-order valence-electron chi connectivity index (χ3n) is 5.81. The minimum absolute atomic E-state index is 0.0155. The van der Waals surface area contributed by atoms with Gasteiger partial charge in [0, 0.05) is 5.69 Å². The van der Waals surface area contributed by atoms with E-state index >= 15 is 0 Å². The number of rotatable bonds is 5. The fourth-order valence-corrected chi connectivity index (χ4v) is 3.99. The molecule has 2 heterocycles. The normalized spacial score (nSPS) is 14.9. The number of anilines is 2. The average Bonchev–Trinajstić information content (AvgIpc) is 3.32. The topological polar surface area (TPSA) is 96.2 Å². The molecule has 3 aromatic carbocycles. The van der Waals surface area contributed by atoms with Crippen molar-refractivity contribution in [3.05, 3.63) is 101 Å². The van der Waals surface area contributed by atoms with Gasteiger partial charge in [0.05, 0.1) is 5.70 Å². The number of tetrazole rings is 1. The number of phenols is 1. The zero-order chi connectivity index (χ0) is 23.7. The van der Waals surface area contributed by atoms with Crippen molar-refractivity contribution < 1.29 is 9.90 Å². The molecule has 34 heavy (non-hydrogen) atoms. The molecule has 0 fully saturated rings. The summed E-state index contributed by atoms with van der Waals surface area (Å²) in [5.74, 6) is 0.400. The van der Waals surface area contributed by atoms with Crippen LogP contribution in [0.15, 0.2) is 78.9 Å². The van der Waals surface area contributed by atoms with E-state index in [1.54, 1.807) is 16.8 Å². The fourth-order valence-electron chi connectivity index (χ4n) is 3.99. The molecule has 5 rings (SSSR count). The minimum Gasteiger partial charge on any atom is -0.508 e. The van der Waals surface area contributed by atoms with Gasteiger partial charge >= 0.3 is 0 Å². The van der Waals surface area contributed by atoms with Gasteiger partial charge in [0.15, 0.2) is 0 Å². The molecule has 1 aromatic heterocycles. The van der Waals surface area contributed by atoms with Gasteiger partial charge in [-0.15, -0.1) is 0 Å². The number of nitrogens with zero attached hydrogens (tertiary/aromatic N) is 5. The van der Waals surface area contributed by atoms with Crippen LogP contribution in [0.25, 0.3) is 5.70 Å². The van der Waals surface area contributed by atoms with Crippen LogP contribution in [-0.4, -0.2) is 37.8 Å². The number of hydrogen-bond donors (Lipinski definition) is 2. The maximum Gasteiger partial charge on any atom is 0.251 e. The Morgan fingerprint density at radius 2 is 1.59 bits per heavy atom. The summed E-state index contributed by atoms with van der Waals surface area (Å²) in [6, 6.07) is 22.6. The molecule has 8 heteroatoms. The molecule has 1 atom stereocenters. The number of carbonyl (C=O) groups is 1. The first-order valence-electron chi connectivity index (χ1n) is 11.0. The number of aromatic hydroxyl groups is 1. The Morgan fingerprint density at radius 3 is 2.26 bits per heavy atom. The molecule has 0 saturated heterocycles. The molecule has 1 amide bonds. The zero-order valence-electron chi connectivity index (χ0n) is 18.9. The van der Waals surface area contributed by atoms with Gasteiger partial charge in [-0.05, 0) is 65.7 Å². The molecule has 0 aliphatic carbocycles. The van der Waals surface area contributed by atoms with Crippen molar-refractivity contribution in [1.29, 1.82) is 0 Å². The molecule has 1 aliphatic heterocycles. The first-order valence-corrected chi connectivity index (χ1v) is 11.0. The molecule has 4 aromatic rings. The molecule has 170 valence electrons. The lowest BCUT2D eigenvalue weighted by Gasteiger charge is -2.32. The van der Waals surface area contributed by atoms with E-state index in [-0.39, 0.29) is 24.2 Å². The molecule has 8 nitrogen and oxygen atoms in total. The van der Waals surface area contributed by atoms with E-state index in [1.807, 2.05) is 36.1 Å². The lowest BCUT2D eigenvalue weighted by atomic mass is 9.99. The summed E-state index contributed by atoms with van der Waals surface area (Å²) in [5.41, 5.74) is 5.79. The SMILES string of the molecule is Cc1ccc(C2=C[C@H](c3ccc(C)cc3)n3nnnc3N2CC(=O)Nc2ccc(O)cc2)cc1. The summed E-state index contributed by atoms with van der Waals surface area (Å²) in [7, 11) is 0. The molecule has 0 saturated carbocycles. The van der Waals surface area contributed by atoms with Crippen molar-refractivity contribution in [2.45, 2.75) is 19.9 Å². The first kappa shape index (κ1) is 21.4. The third-order valence-corrected chi connectivity index (χ3v) is 5.81. The second-order valence-electron chi connectivity index (χ2n) is 8.38. The third kappa shape index (κ3) is 4.25. The van der Waals surface area contributed by atoms with Gasteiger partial charge in [-0.25, -0.2) is 0 Å². The van der Waals surface area contributed by atoms with E-state index in [4.69, 9.17) is 0 Å². The van der Waals surface area contributed by atoms with Crippen LogP contribution in [-0.2, 0) is 4.79 Å². The highest BCUT2D eigenvalue weighted by molar-refractivity contribution is 5.97. The van der Waals surface area contributed by atoms with E-state index in [0.717, 1.165) is 22.4 Å². The van der Waals surface area contributed by atoms with Crippen LogP contribution in [0, 0.1) is 13.8 Å². The van der Waals surface area contributed by atoms with E-state index in [1.165, 1.54) is 17.7 Å². The summed E-state index contributed by atoms with van der Waals surface area (Å²) in [6.07, 6.45) is 2.09. The van der Waals surface area contributed by atoms with Gasteiger partial charge in [-0.2, -0.15) is 4.68 Å². The van der Waals surface area contributed by atoms with E-state index in [2.05, 4.69) is 58.1 Å². The Hall–Kier alpha value is -4.46. The van der Waals surface area contributed by atoms with Crippen molar-refractivity contribution in [2.75, 3.05) is 16.8 Å². The smallest absolute Gasteiger partial charge is 0.251 e. The van der Waals surface area contributed by atoms with Crippen molar-refractivity contribution in [3.63, 3.8) is 0 Å². The summed E-state index contributed by atoms with van der Waals surface area (Å²) in [4.78, 5) is 14.8. The van der Waals surface area contributed by atoms with Gasteiger partial charge < -0.3 is 10.4 Å². The Balaban J connectivity index is 1.53. The monoisotopic (exact) mass is 452 g/mol. The quantitative estimate of drug-likeness (QED) is 0.443. The van der Waals surface area contributed by atoms with Crippen molar-refractivity contribution in [2.24, 2.45) is 0 Å². The molecule has 0 bridgehead atoms. The Labute approximate surface area is 197 Å².